The molecule has 0 saturated carbocycles. The van der Waals surface area contributed by atoms with Crippen molar-refractivity contribution in [1.29, 1.82) is 0 Å². The minimum absolute atomic E-state index is 0.914. The van der Waals surface area contributed by atoms with Gasteiger partial charge in [-0.1, -0.05) is 72.8 Å². The molecule has 7 rings (SSSR count). The molecule has 2 aromatic heterocycles. The van der Waals surface area contributed by atoms with Crippen LogP contribution in [0.4, 0.5) is 0 Å². The fourth-order valence-electron chi connectivity index (χ4n) is 4.73. The molecule has 3 heteroatoms. The van der Waals surface area contributed by atoms with E-state index in [0.29, 0.717) is 0 Å². The van der Waals surface area contributed by atoms with Gasteiger partial charge in [0.15, 0.2) is 0 Å². The molecule has 0 amide bonds. The summed E-state index contributed by atoms with van der Waals surface area (Å²) in [5, 5.41) is 2.38. The third kappa shape index (κ3) is 2.51. The maximum absolute atomic E-state index is 6.24. The number of ether oxygens (including phenoxy) is 1. The number of benzene rings is 4. The van der Waals surface area contributed by atoms with Crippen LogP contribution in [0.5, 0.6) is 11.5 Å². The average molecular weight is 410 g/mol. The van der Waals surface area contributed by atoms with E-state index >= 15 is 0 Å². The van der Waals surface area contributed by atoms with E-state index in [1.165, 1.54) is 27.5 Å². The van der Waals surface area contributed by atoms with E-state index in [-0.39, 0.29) is 0 Å². The lowest BCUT2D eigenvalue weighted by Crippen LogP contribution is -1.97. The van der Waals surface area contributed by atoms with Gasteiger partial charge < -0.3 is 9.14 Å². The van der Waals surface area contributed by atoms with Gasteiger partial charge in [-0.15, -0.1) is 0 Å². The molecule has 1 aliphatic heterocycles. The first-order chi connectivity index (χ1) is 15.8. The lowest BCUT2D eigenvalue weighted by Gasteiger charge is -2.22. The molecule has 0 N–H and O–H groups in total. The largest absolute Gasteiger partial charge is 0.456 e. The van der Waals surface area contributed by atoms with E-state index in [9.17, 15) is 0 Å². The molecular weight excluding hydrogens is 392 g/mol. The zero-order valence-corrected chi connectivity index (χ0v) is 17.2. The normalized spacial score (nSPS) is 12.0. The van der Waals surface area contributed by atoms with Gasteiger partial charge in [-0.3, -0.25) is 0 Å². The fourth-order valence-corrected chi connectivity index (χ4v) is 4.73. The summed E-state index contributed by atoms with van der Waals surface area (Å²) in [6, 6.07) is 33.7. The number of hydrogen-bond acceptors (Lipinski definition) is 2. The van der Waals surface area contributed by atoms with Gasteiger partial charge in [-0.2, -0.15) is 0 Å². The second-order valence-corrected chi connectivity index (χ2v) is 8.11. The molecule has 0 unspecified atom stereocenters. The summed E-state index contributed by atoms with van der Waals surface area (Å²) in [5.41, 5.74) is 7.79. The Morgan fingerprint density at radius 3 is 2.31 bits per heavy atom. The van der Waals surface area contributed by atoms with Crippen molar-refractivity contribution in [2.24, 2.45) is 0 Å². The number of fused-ring (bicyclic) bond motifs is 3. The second kappa shape index (κ2) is 6.56. The molecule has 3 nitrogen and oxygen atoms in total. The number of imidazole rings is 1. The Bertz CT molecular complexity index is 1610. The van der Waals surface area contributed by atoms with E-state index < -0.39 is 0 Å². The van der Waals surface area contributed by atoms with Crippen LogP contribution >= 0.6 is 0 Å². The molecule has 0 aliphatic carbocycles. The number of aromatic nitrogens is 2. The predicted octanol–water partition coefficient (Wildman–Crippen LogP) is 7.59. The molecule has 0 spiro atoms. The lowest BCUT2D eigenvalue weighted by molar-refractivity contribution is 0.487. The van der Waals surface area contributed by atoms with Gasteiger partial charge in [0.05, 0.1) is 5.69 Å². The van der Waals surface area contributed by atoms with Gasteiger partial charge in [0.25, 0.3) is 0 Å². The summed E-state index contributed by atoms with van der Waals surface area (Å²) >= 11 is 0. The zero-order valence-electron chi connectivity index (χ0n) is 17.2. The van der Waals surface area contributed by atoms with E-state index in [0.717, 1.165) is 34.0 Å². The molecule has 1 aliphatic rings. The van der Waals surface area contributed by atoms with Crippen molar-refractivity contribution >= 4 is 16.4 Å². The van der Waals surface area contributed by atoms with Crippen LogP contribution in [0, 0.1) is 0 Å². The molecule has 150 valence electrons. The van der Waals surface area contributed by atoms with Crippen LogP contribution in [-0.2, 0) is 0 Å². The molecule has 3 heterocycles. The third-order valence-electron chi connectivity index (χ3n) is 6.26. The molecule has 0 fully saturated rings. The topological polar surface area (TPSA) is 26.5 Å². The standard InChI is InChI=1S/C29H18N2O/c1-2-9-26-22(6-1)24-8-5-7-23-21(15-16-27(32-26)29(23)24)19-11-13-20(14-12-19)25-18-31-17-4-3-10-28(31)30-25/h1-18H. The molecule has 0 radical (unpaired) electrons. The van der Waals surface area contributed by atoms with Gasteiger partial charge in [-0.25, -0.2) is 4.98 Å². The summed E-state index contributed by atoms with van der Waals surface area (Å²) in [7, 11) is 0. The zero-order chi connectivity index (χ0) is 21.1. The van der Waals surface area contributed by atoms with Gasteiger partial charge in [-0.05, 0) is 46.3 Å². The van der Waals surface area contributed by atoms with Crippen molar-refractivity contribution in [3.8, 4) is 45.0 Å². The van der Waals surface area contributed by atoms with Crippen molar-refractivity contribution in [2.75, 3.05) is 0 Å². The number of para-hydroxylation sites is 1. The molecule has 4 aromatic carbocycles. The van der Waals surface area contributed by atoms with E-state index in [1.54, 1.807) is 0 Å². The summed E-state index contributed by atoms with van der Waals surface area (Å²) in [6.07, 6.45) is 4.09. The van der Waals surface area contributed by atoms with E-state index in [1.807, 2.05) is 40.9 Å². The van der Waals surface area contributed by atoms with Crippen LogP contribution in [0.2, 0.25) is 0 Å². The number of hydrogen-bond donors (Lipinski definition) is 0. The molecule has 0 bridgehead atoms. The number of pyridine rings is 1. The Kier molecular flexibility index (Phi) is 3.55. The van der Waals surface area contributed by atoms with Crippen molar-refractivity contribution in [1.82, 2.24) is 9.38 Å². The minimum atomic E-state index is 0.914. The van der Waals surface area contributed by atoms with Crippen LogP contribution < -0.4 is 4.74 Å². The first kappa shape index (κ1) is 17.3. The van der Waals surface area contributed by atoms with Crippen LogP contribution in [0.1, 0.15) is 0 Å². The van der Waals surface area contributed by atoms with Crippen LogP contribution in [0.15, 0.2) is 109 Å². The quantitative estimate of drug-likeness (QED) is 0.293. The highest BCUT2D eigenvalue weighted by Gasteiger charge is 2.21. The molecule has 32 heavy (non-hydrogen) atoms. The highest BCUT2D eigenvalue weighted by atomic mass is 16.5. The van der Waals surface area contributed by atoms with Crippen LogP contribution in [0.3, 0.4) is 0 Å². The SMILES string of the molecule is c1ccc2c(c1)Oc1ccc(-c3ccc(-c4cn5ccccc5n4)cc3)c3cccc-2c13. The Hall–Kier alpha value is -4.37. The summed E-state index contributed by atoms with van der Waals surface area (Å²) in [5.74, 6) is 1.83. The second-order valence-electron chi connectivity index (χ2n) is 8.11. The van der Waals surface area contributed by atoms with Gasteiger partial charge in [0.2, 0.25) is 0 Å². The Balaban J connectivity index is 1.36. The van der Waals surface area contributed by atoms with Crippen molar-refractivity contribution < 1.29 is 4.74 Å². The lowest BCUT2D eigenvalue weighted by atomic mass is 9.90. The van der Waals surface area contributed by atoms with Gasteiger partial charge in [0.1, 0.15) is 17.1 Å². The highest BCUT2D eigenvalue weighted by Crippen LogP contribution is 2.48. The van der Waals surface area contributed by atoms with Gasteiger partial charge in [0, 0.05) is 28.9 Å². The van der Waals surface area contributed by atoms with E-state index in [2.05, 4.69) is 72.9 Å². The molecule has 0 saturated heterocycles. The summed E-state index contributed by atoms with van der Waals surface area (Å²) < 4.78 is 8.28. The van der Waals surface area contributed by atoms with E-state index in [4.69, 9.17) is 9.72 Å². The fraction of sp³-hybridized carbons (Fsp3) is 0. The molecular formula is C29H18N2O. The van der Waals surface area contributed by atoms with Crippen molar-refractivity contribution in [3.63, 3.8) is 0 Å². The first-order valence-electron chi connectivity index (χ1n) is 10.7. The van der Waals surface area contributed by atoms with Crippen LogP contribution in [0.25, 0.3) is 49.9 Å². The maximum atomic E-state index is 6.24. The Morgan fingerprint density at radius 1 is 0.594 bits per heavy atom. The highest BCUT2D eigenvalue weighted by molar-refractivity contribution is 6.09. The number of rotatable bonds is 2. The maximum Gasteiger partial charge on any atom is 0.137 e. The molecule has 0 atom stereocenters. The van der Waals surface area contributed by atoms with Crippen molar-refractivity contribution in [2.45, 2.75) is 0 Å². The number of nitrogens with zero attached hydrogens (tertiary/aromatic N) is 2. The monoisotopic (exact) mass is 410 g/mol. The Morgan fingerprint density at radius 2 is 1.41 bits per heavy atom. The smallest absolute Gasteiger partial charge is 0.137 e. The Labute approximate surface area is 185 Å². The predicted molar refractivity (Wildman–Crippen MR) is 129 cm³/mol. The van der Waals surface area contributed by atoms with Crippen molar-refractivity contribution in [3.05, 3.63) is 109 Å². The third-order valence-corrected chi connectivity index (χ3v) is 6.26. The minimum Gasteiger partial charge on any atom is -0.456 e. The first-order valence-corrected chi connectivity index (χ1v) is 10.7. The summed E-state index contributed by atoms with van der Waals surface area (Å²) in [6.45, 7) is 0. The van der Waals surface area contributed by atoms with Gasteiger partial charge >= 0.3 is 0 Å². The molecule has 6 aromatic rings. The summed E-state index contributed by atoms with van der Waals surface area (Å²) in [4.78, 5) is 4.74. The van der Waals surface area contributed by atoms with Crippen LogP contribution in [-0.4, -0.2) is 9.38 Å². The average Bonchev–Trinajstić information content (AvgIpc) is 3.29.